The van der Waals surface area contributed by atoms with Crippen LogP contribution < -0.4 is 10.6 Å². The van der Waals surface area contributed by atoms with Crippen LogP contribution in [0.1, 0.15) is 25.0 Å². The summed E-state index contributed by atoms with van der Waals surface area (Å²) in [5, 5.41) is 15.1. The van der Waals surface area contributed by atoms with Crippen LogP contribution >= 0.6 is 0 Å². The number of nitrogens with zero attached hydrogens (tertiary/aromatic N) is 1. The van der Waals surface area contributed by atoms with E-state index >= 15 is 0 Å². The van der Waals surface area contributed by atoms with Gasteiger partial charge in [0.05, 0.1) is 18.8 Å². The molecule has 2 saturated heterocycles. The van der Waals surface area contributed by atoms with Crippen molar-refractivity contribution < 1.29 is 29.5 Å². The molecule has 8 heteroatoms. The van der Waals surface area contributed by atoms with E-state index in [1.807, 2.05) is 25.1 Å². The fraction of sp³-hybridized carbons (Fsp3) is 0.550. The molecule has 1 aromatic rings. The van der Waals surface area contributed by atoms with Crippen LogP contribution in [0.2, 0.25) is 0 Å². The number of fused-ring (bicyclic) bond motifs is 4. The molecule has 3 aliphatic heterocycles. The maximum atomic E-state index is 13.3. The Morgan fingerprint density at radius 3 is 2.71 bits per heavy atom. The van der Waals surface area contributed by atoms with Gasteiger partial charge in [0, 0.05) is 12.7 Å². The Labute approximate surface area is 163 Å². The number of carbonyl (C=O) groups is 3. The van der Waals surface area contributed by atoms with Gasteiger partial charge >= 0.3 is 0 Å². The fourth-order valence-corrected chi connectivity index (χ4v) is 5.17. The lowest BCUT2D eigenvalue weighted by Gasteiger charge is -2.27. The van der Waals surface area contributed by atoms with Gasteiger partial charge in [-0.3, -0.25) is 19.3 Å². The average Bonchev–Trinajstić information content (AvgIpc) is 3.26. The molecule has 4 rings (SSSR count). The molecular formula is C20H26N3O5+. The fourth-order valence-electron chi connectivity index (χ4n) is 5.17. The van der Waals surface area contributed by atoms with E-state index in [1.165, 1.54) is 12.0 Å². The van der Waals surface area contributed by atoms with E-state index in [-0.39, 0.29) is 30.9 Å². The molecule has 2 fully saturated rings. The minimum Gasteiger partial charge on any atom is -0.387 e. The predicted molar refractivity (Wildman–Crippen MR) is 99.1 cm³/mol. The third-order valence-electron chi connectivity index (χ3n) is 6.47. The van der Waals surface area contributed by atoms with Crippen molar-refractivity contribution in [1.29, 1.82) is 0 Å². The third kappa shape index (κ3) is 2.31. The van der Waals surface area contributed by atoms with Crippen molar-refractivity contribution in [2.45, 2.75) is 38.0 Å². The van der Waals surface area contributed by atoms with Gasteiger partial charge in [-0.15, -0.1) is 0 Å². The second-order valence-electron chi connectivity index (χ2n) is 7.83. The van der Waals surface area contributed by atoms with Gasteiger partial charge < -0.3 is 20.5 Å². The van der Waals surface area contributed by atoms with Gasteiger partial charge in [-0.05, 0) is 18.9 Å². The number of nitrogens with two attached hydrogens (primary N) is 1. The molecule has 4 N–H and O–H groups in total. The maximum Gasteiger partial charge on any atom is 0.291 e. The zero-order valence-corrected chi connectivity index (χ0v) is 16.3. The van der Waals surface area contributed by atoms with Gasteiger partial charge in [-0.1, -0.05) is 25.1 Å². The van der Waals surface area contributed by atoms with Crippen LogP contribution in [0.3, 0.4) is 0 Å². The highest BCUT2D eigenvalue weighted by atomic mass is 16.5. The molecule has 0 aromatic heterocycles. The monoisotopic (exact) mass is 388 g/mol. The molecule has 0 radical (unpaired) electrons. The number of carbonyl (C=O) groups excluding carboxylic acids is 3. The summed E-state index contributed by atoms with van der Waals surface area (Å²) in [6.07, 6.45) is -0.113. The third-order valence-corrected chi connectivity index (χ3v) is 6.47. The summed E-state index contributed by atoms with van der Waals surface area (Å²) in [5.74, 6) is -2.58. The predicted octanol–water partition coefficient (Wildman–Crippen LogP) is -1.03. The first kappa shape index (κ1) is 19.0. The first-order valence-corrected chi connectivity index (χ1v) is 9.70. The van der Waals surface area contributed by atoms with E-state index in [9.17, 15) is 19.5 Å². The molecule has 0 unspecified atom stereocenters. The lowest BCUT2D eigenvalue weighted by atomic mass is 9.76. The van der Waals surface area contributed by atoms with Crippen LogP contribution in [-0.4, -0.2) is 60.1 Å². The highest BCUT2D eigenvalue weighted by molar-refractivity contribution is 6.14. The molecule has 28 heavy (non-hydrogen) atoms. The van der Waals surface area contributed by atoms with Gasteiger partial charge in [0.2, 0.25) is 17.4 Å². The Kier molecular flexibility index (Phi) is 4.52. The molecule has 3 aliphatic rings. The standard InChI is InChI=1S/C20H25N3O5/c1-4-11-6-5-7-12-16(11)21-19(27)20(12)14-13(15(22-20)10(2)24)17(25)23(18(14)26)8-9-28-3/h5-7,10,13-15,22,24H,4,8-9H2,1-3H3,(H,21,27)/p+1/t10-,13+,14+,15-,20+/m1/s1. The molecule has 3 amide bonds. The van der Waals surface area contributed by atoms with E-state index < -0.39 is 29.5 Å². The molecule has 8 nitrogen and oxygen atoms in total. The molecule has 1 spiro atoms. The molecule has 150 valence electrons. The maximum absolute atomic E-state index is 13.3. The number of benzene rings is 1. The van der Waals surface area contributed by atoms with Gasteiger partial charge in [-0.25, -0.2) is 0 Å². The number of methoxy groups -OCH3 is 1. The van der Waals surface area contributed by atoms with E-state index in [2.05, 4.69) is 5.32 Å². The number of aliphatic hydroxyl groups excluding tert-OH is 1. The minimum atomic E-state index is -1.23. The number of anilines is 1. The van der Waals surface area contributed by atoms with Crippen LogP contribution in [0.15, 0.2) is 18.2 Å². The number of quaternary nitrogens is 1. The largest absolute Gasteiger partial charge is 0.387 e. The van der Waals surface area contributed by atoms with Crippen molar-refractivity contribution >= 4 is 23.4 Å². The van der Waals surface area contributed by atoms with Crippen molar-refractivity contribution in [2.24, 2.45) is 11.8 Å². The number of hydrogen-bond acceptors (Lipinski definition) is 5. The van der Waals surface area contributed by atoms with Gasteiger partial charge in [-0.2, -0.15) is 0 Å². The summed E-state index contributed by atoms with van der Waals surface area (Å²) in [4.78, 5) is 40.9. The minimum absolute atomic E-state index is 0.146. The highest BCUT2D eigenvalue weighted by Crippen LogP contribution is 2.50. The molecule has 5 atom stereocenters. The van der Waals surface area contributed by atoms with Gasteiger partial charge in [0.25, 0.3) is 5.91 Å². The number of rotatable bonds is 5. The number of ether oxygens (including phenoxy) is 1. The normalized spacial score (nSPS) is 32.1. The molecule has 0 saturated carbocycles. The Morgan fingerprint density at radius 2 is 2.07 bits per heavy atom. The smallest absolute Gasteiger partial charge is 0.291 e. The van der Waals surface area contributed by atoms with Crippen LogP contribution in [-0.2, 0) is 31.1 Å². The Morgan fingerprint density at radius 1 is 1.32 bits per heavy atom. The number of para-hydroxylation sites is 1. The number of likely N-dealkylation sites (tertiary alicyclic amines) is 1. The lowest BCUT2D eigenvalue weighted by Crippen LogP contribution is -3.00. The number of amides is 3. The van der Waals surface area contributed by atoms with Crippen molar-refractivity contribution in [3.05, 3.63) is 29.3 Å². The number of hydrogen-bond donors (Lipinski definition) is 3. The summed E-state index contributed by atoms with van der Waals surface area (Å²) >= 11 is 0. The summed E-state index contributed by atoms with van der Waals surface area (Å²) in [6.45, 7) is 3.98. The zero-order valence-electron chi connectivity index (χ0n) is 16.3. The zero-order chi connectivity index (χ0) is 20.2. The topological polar surface area (TPSA) is 113 Å². The summed E-state index contributed by atoms with van der Waals surface area (Å²) < 4.78 is 5.04. The van der Waals surface area contributed by atoms with Gasteiger partial charge in [0.15, 0.2) is 0 Å². The first-order valence-electron chi connectivity index (χ1n) is 9.70. The van der Waals surface area contributed by atoms with Crippen LogP contribution in [0.4, 0.5) is 5.69 Å². The summed E-state index contributed by atoms with van der Waals surface area (Å²) in [6, 6.07) is 5.10. The number of aryl methyl sites for hydroxylation is 1. The number of imide groups is 1. The first-order chi connectivity index (χ1) is 13.4. The number of aliphatic hydroxyl groups is 1. The lowest BCUT2D eigenvalue weighted by molar-refractivity contribution is -0.738. The Balaban J connectivity index is 1.87. The second-order valence-corrected chi connectivity index (χ2v) is 7.83. The van der Waals surface area contributed by atoms with Gasteiger partial charge in [0.1, 0.15) is 24.0 Å². The average molecular weight is 388 g/mol. The number of nitrogens with one attached hydrogen (secondary N) is 1. The van der Waals surface area contributed by atoms with E-state index in [0.717, 1.165) is 23.2 Å². The van der Waals surface area contributed by atoms with Crippen LogP contribution in [0.25, 0.3) is 0 Å². The quantitative estimate of drug-likeness (QED) is 0.559. The Hall–Kier alpha value is -2.29. The SMILES string of the molecule is CCc1cccc2c1NC(=O)[C@]21[NH2+][C@H]([C@@H](C)O)[C@H]2C(=O)N(CCOC)C(=O)[C@H]21. The molecule has 3 heterocycles. The van der Waals surface area contributed by atoms with Crippen LogP contribution in [0, 0.1) is 11.8 Å². The summed E-state index contributed by atoms with van der Waals surface area (Å²) in [7, 11) is 1.51. The van der Waals surface area contributed by atoms with Crippen LogP contribution in [0.5, 0.6) is 0 Å². The Bertz CT molecular complexity index is 854. The van der Waals surface area contributed by atoms with Crippen molar-refractivity contribution in [2.75, 3.05) is 25.6 Å². The van der Waals surface area contributed by atoms with E-state index in [0.29, 0.717) is 0 Å². The second kappa shape index (κ2) is 6.65. The van der Waals surface area contributed by atoms with E-state index in [4.69, 9.17) is 4.74 Å². The van der Waals surface area contributed by atoms with Crippen molar-refractivity contribution in [3.8, 4) is 0 Å². The molecule has 0 bridgehead atoms. The highest BCUT2D eigenvalue weighted by Gasteiger charge is 2.74. The van der Waals surface area contributed by atoms with Crippen molar-refractivity contribution in [1.82, 2.24) is 4.90 Å². The molecule has 1 aromatic carbocycles. The van der Waals surface area contributed by atoms with E-state index in [1.54, 1.807) is 12.2 Å². The molecular weight excluding hydrogens is 362 g/mol. The molecule has 0 aliphatic carbocycles. The summed E-state index contributed by atoms with van der Waals surface area (Å²) in [5.41, 5.74) is 1.21. The van der Waals surface area contributed by atoms with Crippen molar-refractivity contribution in [3.63, 3.8) is 0 Å².